The lowest BCUT2D eigenvalue weighted by atomic mass is 10.2. The van der Waals surface area contributed by atoms with Crippen LogP contribution in [0.1, 0.15) is 11.3 Å². The quantitative estimate of drug-likeness (QED) is 0.761. The summed E-state index contributed by atoms with van der Waals surface area (Å²) in [5, 5.41) is 19.1. The van der Waals surface area contributed by atoms with Crippen LogP contribution in [-0.4, -0.2) is 15.1 Å². The summed E-state index contributed by atoms with van der Waals surface area (Å²) < 4.78 is 4.99. The minimum Gasteiger partial charge on any atom is -0.360 e. The smallest absolute Gasteiger partial charge is 0.175 e. The van der Waals surface area contributed by atoms with Gasteiger partial charge in [0.05, 0.1) is 11.3 Å². The number of aryl methyl sites for hydroxylation is 1. The highest BCUT2D eigenvalue weighted by molar-refractivity contribution is 5.66. The van der Waals surface area contributed by atoms with Crippen molar-refractivity contribution in [3.8, 4) is 6.07 Å². The van der Waals surface area contributed by atoms with E-state index in [9.17, 15) is 0 Å². The lowest BCUT2D eigenvalue weighted by Crippen LogP contribution is -1.99. The Morgan fingerprint density at radius 2 is 1.82 bits per heavy atom. The van der Waals surface area contributed by atoms with Gasteiger partial charge in [-0.1, -0.05) is 17.3 Å². The molecule has 7 heteroatoms. The standard InChI is InChI=1S/C15H12N6O/c1-10-6-15(21-22-10)20-14-7-13(17-9-18-14)19-12-5-3-2-4-11(12)8-16/h2-7,9H,1H3,(H2,17,18,19,20,21). The number of anilines is 4. The Balaban J connectivity index is 1.81. The van der Waals surface area contributed by atoms with E-state index < -0.39 is 0 Å². The Kier molecular flexibility index (Phi) is 3.66. The summed E-state index contributed by atoms with van der Waals surface area (Å²) in [5.74, 6) is 2.41. The molecule has 0 fully saturated rings. The van der Waals surface area contributed by atoms with E-state index in [2.05, 4.69) is 31.8 Å². The fraction of sp³-hybridized carbons (Fsp3) is 0.0667. The van der Waals surface area contributed by atoms with Crippen LogP contribution in [0.4, 0.5) is 23.1 Å². The minimum absolute atomic E-state index is 0.544. The second kappa shape index (κ2) is 5.93. The van der Waals surface area contributed by atoms with Crippen molar-refractivity contribution in [2.45, 2.75) is 6.92 Å². The number of benzene rings is 1. The predicted octanol–water partition coefficient (Wildman–Crippen LogP) is 3.13. The molecule has 22 heavy (non-hydrogen) atoms. The molecule has 7 nitrogen and oxygen atoms in total. The van der Waals surface area contributed by atoms with Crippen LogP contribution in [0.3, 0.4) is 0 Å². The van der Waals surface area contributed by atoms with Crippen LogP contribution in [-0.2, 0) is 0 Å². The zero-order valence-corrected chi connectivity index (χ0v) is 11.7. The first-order chi connectivity index (χ1) is 10.7. The van der Waals surface area contributed by atoms with E-state index >= 15 is 0 Å². The van der Waals surface area contributed by atoms with Crippen molar-refractivity contribution < 1.29 is 4.52 Å². The summed E-state index contributed by atoms with van der Waals surface area (Å²) in [4.78, 5) is 8.26. The summed E-state index contributed by atoms with van der Waals surface area (Å²) in [6.07, 6.45) is 1.42. The molecule has 0 saturated heterocycles. The molecule has 0 aliphatic heterocycles. The van der Waals surface area contributed by atoms with E-state index in [1.165, 1.54) is 6.33 Å². The van der Waals surface area contributed by atoms with Crippen molar-refractivity contribution in [3.63, 3.8) is 0 Å². The SMILES string of the molecule is Cc1cc(Nc2cc(Nc3ccccc3C#N)ncn2)no1. The molecule has 0 amide bonds. The number of nitrogens with zero attached hydrogens (tertiary/aromatic N) is 4. The van der Waals surface area contributed by atoms with Crippen molar-refractivity contribution >= 4 is 23.1 Å². The van der Waals surface area contributed by atoms with Crippen molar-refractivity contribution in [2.75, 3.05) is 10.6 Å². The molecule has 0 bridgehead atoms. The van der Waals surface area contributed by atoms with Gasteiger partial charge in [-0.05, 0) is 19.1 Å². The highest BCUT2D eigenvalue weighted by Crippen LogP contribution is 2.21. The van der Waals surface area contributed by atoms with Crippen LogP contribution in [0.25, 0.3) is 0 Å². The van der Waals surface area contributed by atoms with Gasteiger partial charge in [0, 0.05) is 12.1 Å². The molecule has 0 saturated carbocycles. The van der Waals surface area contributed by atoms with Crippen molar-refractivity contribution in [3.05, 3.63) is 54.0 Å². The summed E-state index contributed by atoms with van der Waals surface area (Å²) in [5.41, 5.74) is 1.23. The van der Waals surface area contributed by atoms with Crippen LogP contribution in [0.5, 0.6) is 0 Å². The van der Waals surface area contributed by atoms with Gasteiger partial charge in [-0.15, -0.1) is 0 Å². The fourth-order valence-electron chi connectivity index (χ4n) is 1.88. The number of para-hydroxylation sites is 1. The Bertz CT molecular complexity index is 836. The fourth-order valence-corrected chi connectivity index (χ4v) is 1.88. The molecular formula is C15H12N6O. The zero-order valence-electron chi connectivity index (χ0n) is 11.7. The summed E-state index contributed by atoms with van der Waals surface area (Å²) in [6.45, 7) is 1.81. The summed E-state index contributed by atoms with van der Waals surface area (Å²) >= 11 is 0. The zero-order chi connectivity index (χ0) is 15.4. The van der Waals surface area contributed by atoms with Gasteiger partial charge in [-0.2, -0.15) is 5.26 Å². The maximum atomic E-state index is 9.09. The molecular weight excluding hydrogens is 280 g/mol. The number of nitrogens with one attached hydrogen (secondary N) is 2. The van der Waals surface area contributed by atoms with E-state index in [0.29, 0.717) is 34.5 Å². The Morgan fingerprint density at radius 3 is 2.55 bits per heavy atom. The number of nitriles is 1. The van der Waals surface area contributed by atoms with Crippen LogP contribution in [0.2, 0.25) is 0 Å². The number of hydrogen-bond acceptors (Lipinski definition) is 7. The lowest BCUT2D eigenvalue weighted by Gasteiger charge is -2.08. The van der Waals surface area contributed by atoms with Crippen LogP contribution >= 0.6 is 0 Å². The van der Waals surface area contributed by atoms with Gasteiger partial charge >= 0.3 is 0 Å². The van der Waals surface area contributed by atoms with Gasteiger partial charge < -0.3 is 15.2 Å². The van der Waals surface area contributed by atoms with Crippen LogP contribution in [0.15, 0.2) is 47.2 Å². The van der Waals surface area contributed by atoms with Crippen molar-refractivity contribution in [1.82, 2.24) is 15.1 Å². The normalized spacial score (nSPS) is 10.0. The topological polar surface area (TPSA) is 99.7 Å². The second-order valence-corrected chi connectivity index (χ2v) is 4.52. The molecule has 2 N–H and O–H groups in total. The Morgan fingerprint density at radius 1 is 1.05 bits per heavy atom. The second-order valence-electron chi connectivity index (χ2n) is 4.52. The van der Waals surface area contributed by atoms with E-state index in [0.717, 1.165) is 0 Å². The Hall–Kier alpha value is -3.40. The van der Waals surface area contributed by atoms with E-state index in [4.69, 9.17) is 9.78 Å². The largest absolute Gasteiger partial charge is 0.360 e. The van der Waals surface area contributed by atoms with Crippen molar-refractivity contribution in [2.24, 2.45) is 0 Å². The highest BCUT2D eigenvalue weighted by Gasteiger charge is 2.05. The van der Waals surface area contributed by atoms with E-state index in [1.54, 1.807) is 18.2 Å². The number of rotatable bonds is 4. The summed E-state index contributed by atoms with van der Waals surface area (Å²) in [7, 11) is 0. The molecule has 0 radical (unpaired) electrons. The van der Waals surface area contributed by atoms with Gasteiger partial charge in [0.2, 0.25) is 0 Å². The molecule has 3 aromatic rings. The average molecular weight is 292 g/mol. The molecule has 2 aromatic heterocycles. The molecule has 1 aromatic carbocycles. The van der Waals surface area contributed by atoms with E-state index in [-0.39, 0.29) is 0 Å². The molecule has 108 valence electrons. The number of aromatic nitrogens is 3. The monoisotopic (exact) mass is 292 g/mol. The average Bonchev–Trinajstić information content (AvgIpc) is 2.93. The number of hydrogen-bond donors (Lipinski definition) is 2. The van der Waals surface area contributed by atoms with Gasteiger partial charge in [0.25, 0.3) is 0 Å². The van der Waals surface area contributed by atoms with Crippen LogP contribution in [0, 0.1) is 18.3 Å². The lowest BCUT2D eigenvalue weighted by molar-refractivity contribution is 0.400. The molecule has 0 aliphatic carbocycles. The first-order valence-corrected chi connectivity index (χ1v) is 6.53. The molecule has 3 rings (SSSR count). The van der Waals surface area contributed by atoms with Gasteiger partial charge in [0.1, 0.15) is 29.8 Å². The molecule has 0 unspecified atom stereocenters. The predicted molar refractivity (Wildman–Crippen MR) is 81.0 cm³/mol. The summed E-state index contributed by atoms with van der Waals surface area (Å²) in [6, 6.07) is 12.8. The van der Waals surface area contributed by atoms with Crippen molar-refractivity contribution in [1.29, 1.82) is 5.26 Å². The first-order valence-electron chi connectivity index (χ1n) is 6.53. The molecule has 0 atom stereocenters. The highest BCUT2D eigenvalue weighted by atomic mass is 16.5. The van der Waals surface area contributed by atoms with Gasteiger partial charge in [-0.25, -0.2) is 9.97 Å². The molecule has 0 aliphatic rings. The first kappa shape index (κ1) is 13.6. The Labute approximate surface area is 126 Å². The molecule has 2 heterocycles. The minimum atomic E-state index is 0.544. The van der Waals surface area contributed by atoms with Gasteiger partial charge in [0.15, 0.2) is 5.82 Å². The maximum absolute atomic E-state index is 9.09. The van der Waals surface area contributed by atoms with Gasteiger partial charge in [-0.3, -0.25) is 0 Å². The van der Waals surface area contributed by atoms with E-state index in [1.807, 2.05) is 25.1 Å². The van der Waals surface area contributed by atoms with Crippen LogP contribution < -0.4 is 10.6 Å². The molecule has 0 spiro atoms. The third-order valence-corrected chi connectivity index (χ3v) is 2.86. The maximum Gasteiger partial charge on any atom is 0.175 e. The third-order valence-electron chi connectivity index (χ3n) is 2.86. The third kappa shape index (κ3) is 3.02.